The van der Waals surface area contributed by atoms with E-state index in [4.69, 9.17) is 9.47 Å². The van der Waals surface area contributed by atoms with Gasteiger partial charge in [-0.15, -0.1) is 0 Å². The zero-order chi connectivity index (χ0) is 14.1. The van der Waals surface area contributed by atoms with Crippen molar-refractivity contribution in [1.82, 2.24) is 0 Å². The molecule has 0 radical (unpaired) electrons. The molecule has 0 bridgehead atoms. The van der Waals surface area contributed by atoms with Crippen LogP contribution in [0, 0.1) is 0 Å². The Morgan fingerprint density at radius 2 is 1.60 bits per heavy atom. The fourth-order valence-electron chi connectivity index (χ4n) is 1.95. The van der Waals surface area contributed by atoms with E-state index in [9.17, 15) is 0 Å². The van der Waals surface area contributed by atoms with Crippen LogP contribution in [-0.4, -0.2) is 6.79 Å². The van der Waals surface area contributed by atoms with Crippen LogP contribution >= 0.6 is 47.8 Å². The number of fused-ring (bicyclic) bond motifs is 1. The zero-order valence-corrected chi connectivity index (χ0v) is 15.0. The molecule has 104 valence electrons. The Morgan fingerprint density at radius 1 is 0.950 bits per heavy atom. The van der Waals surface area contributed by atoms with Crippen molar-refractivity contribution in [2.75, 3.05) is 12.1 Å². The van der Waals surface area contributed by atoms with Crippen molar-refractivity contribution in [3.8, 4) is 11.5 Å². The summed E-state index contributed by atoms with van der Waals surface area (Å²) < 4.78 is 13.8. The first kappa shape index (κ1) is 14.2. The molecule has 1 heterocycles. The molecule has 20 heavy (non-hydrogen) atoms. The molecule has 0 aliphatic carbocycles. The van der Waals surface area contributed by atoms with Crippen LogP contribution in [0.5, 0.6) is 11.5 Å². The highest BCUT2D eigenvalue weighted by molar-refractivity contribution is 9.11. The SMILES string of the molecule is Brc1cc2c(cc1CNc1c(Br)cccc1Br)OCO2. The molecule has 0 fully saturated rings. The van der Waals surface area contributed by atoms with Crippen molar-refractivity contribution in [2.45, 2.75) is 6.54 Å². The summed E-state index contributed by atoms with van der Waals surface area (Å²) in [5.74, 6) is 1.57. The first-order valence-electron chi connectivity index (χ1n) is 5.91. The van der Waals surface area contributed by atoms with Crippen molar-refractivity contribution >= 4 is 53.5 Å². The number of ether oxygens (including phenoxy) is 2. The fourth-order valence-corrected chi connectivity index (χ4v) is 3.69. The van der Waals surface area contributed by atoms with Crippen LogP contribution < -0.4 is 14.8 Å². The van der Waals surface area contributed by atoms with Crippen molar-refractivity contribution in [1.29, 1.82) is 0 Å². The van der Waals surface area contributed by atoms with E-state index in [1.165, 1.54) is 0 Å². The Kier molecular flexibility index (Phi) is 4.23. The van der Waals surface area contributed by atoms with Gasteiger partial charge in [-0.3, -0.25) is 0 Å². The highest BCUT2D eigenvalue weighted by Gasteiger charge is 2.16. The van der Waals surface area contributed by atoms with Gasteiger partial charge < -0.3 is 14.8 Å². The Hall–Kier alpha value is -0.720. The van der Waals surface area contributed by atoms with Crippen molar-refractivity contribution in [3.05, 3.63) is 49.3 Å². The predicted octanol–water partition coefficient (Wildman–Crippen LogP) is 5.31. The van der Waals surface area contributed by atoms with Gasteiger partial charge >= 0.3 is 0 Å². The molecule has 0 atom stereocenters. The second-order valence-corrected chi connectivity index (χ2v) is 6.81. The molecule has 0 amide bonds. The van der Waals surface area contributed by atoms with Crippen LogP contribution in [0.2, 0.25) is 0 Å². The molecule has 0 spiro atoms. The topological polar surface area (TPSA) is 30.5 Å². The van der Waals surface area contributed by atoms with E-state index in [0.29, 0.717) is 6.54 Å². The van der Waals surface area contributed by atoms with Crippen LogP contribution in [-0.2, 0) is 6.54 Å². The summed E-state index contributed by atoms with van der Waals surface area (Å²) in [6, 6.07) is 9.91. The summed E-state index contributed by atoms with van der Waals surface area (Å²) in [5, 5.41) is 3.41. The Balaban J connectivity index is 1.82. The Labute approximate surface area is 142 Å². The molecule has 0 saturated carbocycles. The number of rotatable bonds is 3. The zero-order valence-electron chi connectivity index (χ0n) is 10.3. The lowest BCUT2D eigenvalue weighted by Gasteiger charge is -2.12. The molecule has 0 unspecified atom stereocenters. The maximum atomic E-state index is 5.40. The number of halogens is 3. The first-order valence-corrected chi connectivity index (χ1v) is 8.29. The molecule has 6 heteroatoms. The van der Waals surface area contributed by atoms with E-state index in [1.54, 1.807) is 0 Å². The summed E-state index contributed by atoms with van der Waals surface area (Å²) in [6.07, 6.45) is 0. The van der Waals surface area contributed by atoms with Gasteiger partial charge in [0.25, 0.3) is 0 Å². The molecular weight excluding hydrogens is 454 g/mol. The average Bonchev–Trinajstić information content (AvgIpc) is 2.85. The van der Waals surface area contributed by atoms with Gasteiger partial charge in [0, 0.05) is 20.0 Å². The minimum absolute atomic E-state index is 0.286. The average molecular weight is 464 g/mol. The van der Waals surface area contributed by atoms with Crippen molar-refractivity contribution in [2.24, 2.45) is 0 Å². The maximum Gasteiger partial charge on any atom is 0.231 e. The van der Waals surface area contributed by atoms with Crippen LogP contribution in [0.4, 0.5) is 5.69 Å². The molecule has 3 nitrogen and oxygen atoms in total. The van der Waals surface area contributed by atoms with Gasteiger partial charge in [0.05, 0.1) is 5.69 Å². The third kappa shape index (κ3) is 2.82. The quantitative estimate of drug-likeness (QED) is 0.668. The van der Waals surface area contributed by atoms with Gasteiger partial charge in [-0.05, 0) is 61.7 Å². The highest BCUT2D eigenvalue weighted by atomic mass is 79.9. The van der Waals surface area contributed by atoms with Gasteiger partial charge in [-0.25, -0.2) is 0 Å². The molecule has 2 aromatic carbocycles. The Bertz CT molecular complexity index is 641. The summed E-state index contributed by atoms with van der Waals surface area (Å²) in [4.78, 5) is 0. The number of hydrogen-bond acceptors (Lipinski definition) is 3. The third-order valence-corrected chi connectivity index (χ3v) is 5.02. The number of nitrogens with one attached hydrogen (secondary N) is 1. The largest absolute Gasteiger partial charge is 0.454 e. The van der Waals surface area contributed by atoms with E-state index < -0.39 is 0 Å². The van der Waals surface area contributed by atoms with Gasteiger partial charge in [-0.2, -0.15) is 0 Å². The number of anilines is 1. The van der Waals surface area contributed by atoms with Crippen LogP contribution in [0.3, 0.4) is 0 Å². The second-order valence-electron chi connectivity index (χ2n) is 4.25. The molecule has 3 rings (SSSR count). The van der Waals surface area contributed by atoms with E-state index in [2.05, 4.69) is 53.1 Å². The molecule has 1 aliphatic rings. The monoisotopic (exact) mass is 461 g/mol. The highest BCUT2D eigenvalue weighted by Crippen LogP contribution is 2.38. The van der Waals surface area contributed by atoms with Gasteiger partial charge in [0.1, 0.15) is 0 Å². The van der Waals surface area contributed by atoms with E-state index in [0.717, 1.165) is 36.2 Å². The summed E-state index contributed by atoms with van der Waals surface area (Å²) in [5.41, 5.74) is 2.13. The maximum absolute atomic E-state index is 5.40. The molecule has 1 N–H and O–H groups in total. The van der Waals surface area contributed by atoms with E-state index in [-0.39, 0.29) is 6.79 Å². The van der Waals surface area contributed by atoms with Gasteiger partial charge in [0.2, 0.25) is 6.79 Å². The van der Waals surface area contributed by atoms with Crippen molar-refractivity contribution < 1.29 is 9.47 Å². The van der Waals surface area contributed by atoms with Crippen LogP contribution in [0.25, 0.3) is 0 Å². The summed E-state index contributed by atoms with van der Waals surface area (Å²) >= 11 is 10.6. The molecule has 1 aliphatic heterocycles. The fraction of sp³-hybridized carbons (Fsp3) is 0.143. The minimum atomic E-state index is 0.286. The number of hydrogen-bond donors (Lipinski definition) is 1. The van der Waals surface area contributed by atoms with Gasteiger partial charge in [-0.1, -0.05) is 22.0 Å². The normalized spacial score (nSPS) is 12.6. The predicted molar refractivity (Wildman–Crippen MR) is 89.4 cm³/mol. The Morgan fingerprint density at radius 3 is 2.30 bits per heavy atom. The molecule has 0 aromatic heterocycles. The first-order chi connectivity index (χ1) is 9.65. The van der Waals surface area contributed by atoms with Crippen LogP contribution in [0.1, 0.15) is 5.56 Å². The number of para-hydroxylation sites is 1. The lowest BCUT2D eigenvalue weighted by molar-refractivity contribution is 0.174. The minimum Gasteiger partial charge on any atom is -0.454 e. The molecular formula is C14H10Br3NO2. The molecule has 2 aromatic rings. The number of benzene rings is 2. The standard InChI is InChI=1S/C14H10Br3NO2/c15-9-2-1-3-10(16)14(9)18-6-8-4-12-13(5-11(8)17)20-7-19-12/h1-5,18H,6-7H2. The summed E-state index contributed by atoms with van der Waals surface area (Å²) in [6.45, 7) is 0.965. The van der Waals surface area contributed by atoms with Crippen molar-refractivity contribution in [3.63, 3.8) is 0 Å². The molecule has 0 saturated heterocycles. The summed E-state index contributed by atoms with van der Waals surface area (Å²) in [7, 11) is 0. The smallest absolute Gasteiger partial charge is 0.231 e. The third-order valence-electron chi connectivity index (χ3n) is 2.96. The van der Waals surface area contributed by atoms with Crippen LogP contribution in [0.15, 0.2) is 43.7 Å². The lowest BCUT2D eigenvalue weighted by atomic mass is 10.2. The van der Waals surface area contributed by atoms with Gasteiger partial charge in [0.15, 0.2) is 11.5 Å². The van der Waals surface area contributed by atoms with E-state index in [1.807, 2.05) is 30.3 Å². The second kappa shape index (κ2) is 5.95. The lowest BCUT2D eigenvalue weighted by Crippen LogP contribution is -2.01. The van der Waals surface area contributed by atoms with E-state index >= 15 is 0 Å².